The molecule has 0 aliphatic carbocycles. The van der Waals surface area contributed by atoms with Gasteiger partial charge in [-0.25, -0.2) is 4.79 Å². The lowest BCUT2D eigenvalue weighted by molar-refractivity contribution is -0.125. The molecule has 0 bridgehead atoms. The van der Waals surface area contributed by atoms with E-state index >= 15 is 0 Å². The number of aryl methyl sites for hydroxylation is 1. The summed E-state index contributed by atoms with van der Waals surface area (Å²) in [5, 5.41) is 6.75. The third-order valence-corrected chi connectivity index (χ3v) is 4.07. The van der Waals surface area contributed by atoms with Crippen LogP contribution in [0.5, 0.6) is 0 Å². The van der Waals surface area contributed by atoms with E-state index in [0.717, 1.165) is 18.4 Å². The lowest BCUT2D eigenvalue weighted by Gasteiger charge is -2.18. The van der Waals surface area contributed by atoms with Crippen LogP contribution in [-0.2, 0) is 9.53 Å². The molecule has 1 atom stereocenters. The van der Waals surface area contributed by atoms with Crippen LogP contribution in [0.1, 0.15) is 72.9 Å². The molecule has 1 aromatic carbocycles. The maximum Gasteiger partial charge on any atom is 0.344 e. The summed E-state index contributed by atoms with van der Waals surface area (Å²) in [6.07, 6.45) is 1.74. The number of hydrogen-bond acceptors (Lipinski definition) is 5. The highest BCUT2D eigenvalue weighted by atomic mass is 16.5. The number of ether oxygens (including phenoxy) is 1. The third kappa shape index (κ3) is 4.94. The van der Waals surface area contributed by atoms with Crippen molar-refractivity contribution in [3.05, 3.63) is 52.9 Å². The summed E-state index contributed by atoms with van der Waals surface area (Å²) in [5.41, 5.74) is 1.80. The van der Waals surface area contributed by atoms with Crippen molar-refractivity contribution in [3.63, 3.8) is 0 Å². The Morgan fingerprint density at radius 1 is 1.23 bits per heavy atom. The van der Waals surface area contributed by atoms with Crippen molar-refractivity contribution >= 4 is 11.9 Å². The number of esters is 1. The van der Waals surface area contributed by atoms with Gasteiger partial charge in [0.1, 0.15) is 5.56 Å². The zero-order valence-corrected chi connectivity index (χ0v) is 15.7. The molecule has 26 heavy (non-hydrogen) atoms. The topological polar surface area (TPSA) is 81.4 Å². The first kappa shape index (κ1) is 19.7. The van der Waals surface area contributed by atoms with Gasteiger partial charge in [-0.15, -0.1) is 0 Å². The third-order valence-electron chi connectivity index (χ3n) is 4.07. The standard InChI is InChI=1S/C20H26N2O4/c1-5-9-16(15-10-7-6-8-11-15)21-17(23)12-25-20(24)18-14(4)22-26-19(18)13(2)3/h6-8,10-11,13,16H,5,9,12H2,1-4H3,(H,21,23). The molecule has 0 aliphatic heterocycles. The van der Waals surface area contributed by atoms with Gasteiger partial charge in [-0.2, -0.15) is 0 Å². The molecule has 2 rings (SSSR count). The second-order valence-electron chi connectivity index (χ2n) is 6.56. The summed E-state index contributed by atoms with van der Waals surface area (Å²) in [6.45, 7) is 7.20. The molecule has 0 aliphatic rings. The minimum absolute atomic E-state index is 0.000378. The quantitative estimate of drug-likeness (QED) is 0.723. The van der Waals surface area contributed by atoms with E-state index in [1.807, 2.05) is 44.2 Å². The molecule has 0 radical (unpaired) electrons. The van der Waals surface area contributed by atoms with Crippen LogP contribution < -0.4 is 5.32 Å². The van der Waals surface area contributed by atoms with E-state index in [2.05, 4.69) is 17.4 Å². The van der Waals surface area contributed by atoms with Crippen molar-refractivity contribution < 1.29 is 18.8 Å². The van der Waals surface area contributed by atoms with Crippen LogP contribution >= 0.6 is 0 Å². The second-order valence-corrected chi connectivity index (χ2v) is 6.56. The number of rotatable bonds is 8. The summed E-state index contributed by atoms with van der Waals surface area (Å²) in [4.78, 5) is 24.6. The fourth-order valence-corrected chi connectivity index (χ4v) is 2.77. The molecule has 6 heteroatoms. The number of carbonyl (C=O) groups excluding carboxylic acids is 2. The van der Waals surface area contributed by atoms with Crippen molar-refractivity contribution in [1.29, 1.82) is 0 Å². The molecule has 2 aromatic rings. The van der Waals surface area contributed by atoms with Gasteiger partial charge in [-0.1, -0.05) is 62.7 Å². The first-order chi connectivity index (χ1) is 12.4. The van der Waals surface area contributed by atoms with Crippen LogP contribution in [-0.4, -0.2) is 23.6 Å². The van der Waals surface area contributed by atoms with Gasteiger partial charge in [-0.05, 0) is 18.9 Å². The highest BCUT2D eigenvalue weighted by molar-refractivity contribution is 5.93. The molecular weight excluding hydrogens is 332 g/mol. The van der Waals surface area contributed by atoms with Crippen LogP contribution in [0.25, 0.3) is 0 Å². The lowest BCUT2D eigenvalue weighted by atomic mass is 10.0. The molecular formula is C20H26N2O4. The first-order valence-corrected chi connectivity index (χ1v) is 8.91. The largest absolute Gasteiger partial charge is 0.452 e. The van der Waals surface area contributed by atoms with E-state index in [9.17, 15) is 9.59 Å². The number of benzene rings is 1. The molecule has 140 valence electrons. The molecule has 1 amide bonds. The minimum atomic E-state index is -0.589. The van der Waals surface area contributed by atoms with Gasteiger partial charge < -0.3 is 14.6 Å². The number of hydrogen-bond donors (Lipinski definition) is 1. The zero-order valence-electron chi connectivity index (χ0n) is 15.7. The van der Waals surface area contributed by atoms with Gasteiger partial charge in [-0.3, -0.25) is 4.79 Å². The van der Waals surface area contributed by atoms with Gasteiger partial charge in [0.15, 0.2) is 12.4 Å². The van der Waals surface area contributed by atoms with E-state index in [4.69, 9.17) is 9.26 Å². The predicted molar refractivity (Wildman–Crippen MR) is 97.8 cm³/mol. The molecule has 0 saturated carbocycles. The van der Waals surface area contributed by atoms with Gasteiger partial charge >= 0.3 is 5.97 Å². The average Bonchev–Trinajstić information content (AvgIpc) is 3.02. The van der Waals surface area contributed by atoms with Crippen molar-refractivity contribution in [2.24, 2.45) is 0 Å². The van der Waals surface area contributed by atoms with Gasteiger partial charge in [0.05, 0.1) is 11.7 Å². The zero-order chi connectivity index (χ0) is 19.1. The van der Waals surface area contributed by atoms with Crippen LogP contribution in [0, 0.1) is 6.92 Å². The van der Waals surface area contributed by atoms with Crippen LogP contribution in [0.15, 0.2) is 34.9 Å². The van der Waals surface area contributed by atoms with Crippen molar-refractivity contribution in [2.45, 2.75) is 52.5 Å². The van der Waals surface area contributed by atoms with Crippen LogP contribution in [0.2, 0.25) is 0 Å². The van der Waals surface area contributed by atoms with Gasteiger partial charge in [0.25, 0.3) is 5.91 Å². The molecule has 1 aromatic heterocycles. The molecule has 0 saturated heterocycles. The Bertz CT molecular complexity index is 738. The Hall–Kier alpha value is -2.63. The normalized spacial score (nSPS) is 12.0. The van der Waals surface area contributed by atoms with Gasteiger partial charge in [0, 0.05) is 5.92 Å². The fourth-order valence-electron chi connectivity index (χ4n) is 2.77. The van der Waals surface area contributed by atoms with Crippen LogP contribution in [0.3, 0.4) is 0 Å². The van der Waals surface area contributed by atoms with Crippen LogP contribution in [0.4, 0.5) is 0 Å². The highest BCUT2D eigenvalue weighted by Crippen LogP contribution is 2.23. The smallest absolute Gasteiger partial charge is 0.344 e. The summed E-state index contributed by atoms with van der Waals surface area (Å²) in [6, 6.07) is 9.66. The van der Waals surface area contributed by atoms with Crippen molar-refractivity contribution in [1.82, 2.24) is 10.5 Å². The Balaban J connectivity index is 1.97. The summed E-state index contributed by atoms with van der Waals surface area (Å²) in [7, 11) is 0. The number of nitrogens with zero attached hydrogens (tertiary/aromatic N) is 1. The number of nitrogens with one attached hydrogen (secondary N) is 1. The fraction of sp³-hybridized carbons (Fsp3) is 0.450. The minimum Gasteiger partial charge on any atom is -0.452 e. The molecule has 1 unspecified atom stereocenters. The maximum absolute atomic E-state index is 12.3. The number of aromatic nitrogens is 1. The SMILES string of the molecule is CCCC(NC(=O)COC(=O)c1c(C)noc1C(C)C)c1ccccc1. The highest BCUT2D eigenvalue weighted by Gasteiger charge is 2.24. The Morgan fingerprint density at radius 3 is 2.54 bits per heavy atom. The second kappa shape index (κ2) is 9.17. The summed E-state index contributed by atoms with van der Waals surface area (Å²) >= 11 is 0. The van der Waals surface area contributed by atoms with E-state index < -0.39 is 5.97 Å². The molecule has 0 fully saturated rings. The monoisotopic (exact) mass is 358 g/mol. The van der Waals surface area contributed by atoms with Gasteiger partial charge in [0.2, 0.25) is 0 Å². The first-order valence-electron chi connectivity index (χ1n) is 8.91. The van der Waals surface area contributed by atoms with Crippen molar-refractivity contribution in [3.8, 4) is 0 Å². The molecule has 6 nitrogen and oxygen atoms in total. The summed E-state index contributed by atoms with van der Waals surface area (Å²) < 4.78 is 10.4. The number of amides is 1. The number of carbonyl (C=O) groups is 2. The average molecular weight is 358 g/mol. The maximum atomic E-state index is 12.3. The Morgan fingerprint density at radius 2 is 1.92 bits per heavy atom. The molecule has 0 spiro atoms. The predicted octanol–water partition coefficient (Wildman–Crippen LogP) is 3.92. The Labute approximate surface area is 153 Å². The summed E-state index contributed by atoms with van der Waals surface area (Å²) in [5.74, 6) is -0.448. The van der Waals surface area contributed by atoms with E-state index in [-0.39, 0.29) is 24.5 Å². The van der Waals surface area contributed by atoms with E-state index in [0.29, 0.717) is 17.0 Å². The van der Waals surface area contributed by atoms with E-state index in [1.165, 1.54) is 0 Å². The molecule has 1 heterocycles. The van der Waals surface area contributed by atoms with Crippen molar-refractivity contribution in [2.75, 3.05) is 6.61 Å². The molecule has 1 N–H and O–H groups in total. The van der Waals surface area contributed by atoms with E-state index in [1.54, 1.807) is 6.92 Å². The Kier molecular flexibility index (Phi) is 6.95. The lowest BCUT2D eigenvalue weighted by Crippen LogP contribution is -2.32.